The number of hydrogen-bond donors (Lipinski definition) is 2. The van der Waals surface area contributed by atoms with Crippen molar-refractivity contribution in [2.45, 2.75) is 13.0 Å². The van der Waals surface area contributed by atoms with Crippen molar-refractivity contribution in [3.05, 3.63) is 70.7 Å². The van der Waals surface area contributed by atoms with Crippen LogP contribution in [0.2, 0.25) is 0 Å². The molecule has 5 nitrogen and oxygen atoms in total. The molecule has 0 saturated carbocycles. The van der Waals surface area contributed by atoms with Crippen LogP contribution in [0.25, 0.3) is 5.69 Å². The average Bonchev–Trinajstić information content (AvgIpc) is 3.27. The van der Waals surface area contributed by atoms with Gasteiger partial charge in [0.15, 0.2) is 0 Å². The average molecular weight is 326 g/mol. The number of hydrogen-bond acceptors (Lipinski definition) is 3. The van der Waals surface area contributed by atoms with Gasteiger partial charge in [-0.3, -0.25) is 0 Å². The smallest absolute Gasteiger partial charge is 0.315 e. The first-order chi connectivity index (χ1) is 11.3. The Morgan fingerprint density at radius 2 is 2.00 bits per heavy atom. The molecule has 6 heteroatoms. The standard InChI is InChI=1S/C17H18N4OS/c22-17(19-13-16-3-1-12-23-16)18-10-8-14-4-6-15(7-5-14)21-11-2-9-20-21/h1-7,9,11-12H,8,10,13H2,(H2,18,19,22). The lowest BCUT2D eigenvalue weighted by atomic mass is 10.1. The Morgan fingerprint density at radius 3 is 2.70 bits per heavy atom. The van der Waals surface area contributed by atoms with Crippen molar-refractivity contribution in [2.75, 3.05) is 6.54 Å². The highest BCUT2D eigenvalue weighted by atomic mass is 32.1. The number of rotatable bonds is 6. The summed E-state index contributed by atoms with van der Waals surface area (Å²) in [4.78, 5) is 12.9. The van der Waals surface area contributed by atoms with Crippen LogP contribution in [0.4, 0.5) is 4.79 Å². The van der Waals surface area contributed by atoms with Crippen molar-refractivity contribution in [1.82, 2.24) is 20.4 Å². The molecule has 2 N–H and O–H groups in total. The monoisotopic (exact) mass is 326 g/mol. The molecular weight excluding hydrogens is 308 g/mol. The van der Waals surface area contributed by atoms with Gasteiger partial charge >= 0.3 is 6.03 Å². The minimum Gasteiger partial charge on any atom is -0.338 e. The fourth-order valence-electron chi connectivity index (χ4n) is 2.20. The van der Waals surface area contributed by atoms with Gasteiger partial charge < -0.3 is 10.6 Å². The minimum absolute atomic E-state index is 0.133. The molecule has 0 atom stereocenters. The Morgan fingerprint density at radius 1 is 1.13 bits per heavy atom. The van der Waals surface area contributed by atoms with Crippen LogP contribution in [0.5, 0.6) is 0 Å². The van der Waals surface area contributed by atoms with E-state index in [9.17, 15) is 4.79 Å². The maximum Gasteiger partial charge on any atom is 0.315 e. The van der Waals surface area contributed by atoms with Gasteiger partial charge in [0.2, 0.25) is 0 Å². The Labute approximate surface area is 139 Å². The van der Waals surface area contributed by atoms with E-state index in [1.807, 2.05) is 46.6 Å². The molecule has 1 aromatic carbocycles. The van der Waals surface area contributed by atoms with Crippen LogP contribution in [0, 0.1) is 0 Å². The van der Waals surface area contributed by atoms with Crippen LogP contribution < -0.4 is 10.6 Å². The summed E-state index contributed by atoms with van der Waals surface area (Å²) < 4.78 is 1.82. The Hall–Kier alpha value is -2.60. The van der Waals surface area contributed by atoms with Gasteiger partial charge in [-0.25, -0.2) is 9.48 Å². The van der Waals surface area contributed by atoms with Crippen LogP contribution in [0.1, 0.15) is 10.4 Å². The second-order valence-electron chi connectivity index (χ2n) is 5.06. The summed E-state index contributed by atoms with van der Waals surface area (Å²) in [6.07, 6.45) is 4.47. The number of amides is 2. The zero-order valence-electron chi connectivity index (χ0n) is 12.6. The van der Waals surface area contributed by atoms with Crippen molar-refractivity contribution in [2.24, 2.45) is 0 Å². The lowest BCUT2D eigenvalue weighted by molar-refractivity contribution is 0.240. The number of carbonyl (C=O) groups excluding carboxylic acids is 1. The second-order valence-corrected chi connectivity index (χ2v) is 6.09. The van der Waals surface area contributed by atoms with E-state index >= 15 is 0 Å². The van der Waals surface area contributed by atoms with Gasteiger partial charge in [-0.05, 0) is 41.6 Å². The first-order valence-corrected chi connectivity index (χ1v) is 8.32. The summed E-state index contributed by atoms with van der Waals surface area (Å²) in [5.74, 6) is 0. The Kier molecular flexibility index (Phi) is 5.06. The van der Waals surface area contributed by atoms with E-state index in [1.54, 1.807) is 17.5 Å². The molecule has 0 aliphatic heterocycles. The van der Waals surface area contributed by atoms with Crippen LogP contribution >= 0.6 is 11.3 Å². The predicted molar refractivity (Wildman–Crippen MR) is 91.8 cm³/mol. The maximum absolute atomic E-state index is 11.7. The summed E-state index contributed by atoms with van der Waals surface area (Å²) in [6, 6.07) is 13.9. The van der Waals surface area contributed by atoms with E-state index in [0.29, 0.717) is 13.1 Å². The number of aromatic nitrogens is 2. The van der Waals surface area contributed by atoms with Crippen molar-refractivity contribution < 1.29 is 4.79 Å². The summed E-state index contributed by atoms with van der Waals surface area (Å²) >= 11 is 1.64. The van der Waals surface area contributed by atoms with E-state index in [1.165, 1.54) is 5.56 Å². The molecule has 0 bridgehead atoms. The molecular formula is C17H18N4OS. The van der Waals surface area contributed by atoms with Gasteiger partial charge in [-0.15, -0.1) is 11.3 Å². The van der Waals surface area contributed by atoms with Crippen molar-refractivity contribution in [1.29, 1.82) is 0 Å². The molecule has 0 spiro atoms. The number of nitrogens with zero attached hydrogens (tertiary/aromatic N) is 2. The molecule has 2 aromatic heterocycles. The summed E-state index contributed by atoms with van der Waals surface area (Å²) in [6.45, 7) is 1.18. The topological polar surface area (TPSA) is 59.0 Å². The first kappa shape index (κ1) is 15.3. The summed E-state index contributed by atoms with van der Waals surface area (Å²) in [5, 5.41) is 11.9. The van der Waals surface area contributed by atoms with Gasteiger partial charge in [-0.1, -0.05) is 18.2 Å². The molecule has 0 unspecified atom stereocenters. The Balaban J connectivity index is 1.41. The highest BCUT2D eigenvalue weighted by Gasteiger charge is 2.01. The zero-order valence-corrected chi connectivity index (χ0v) is 13.4. The molecule has 23 heavy (non-hydrogen) atoms. The fraction of sp³-hybridized carbons (Fsp3) is 0.176. The van der Waals surface area contributed by atoms with Gasteiger partial charge in [0.1, 0.15) is 0 Å². The van der Waals surface area contributed by atoms with Crippen LogP contribution in [0.15, 0.2) is 60.2 Å². The lowest BCUT2D eigenvalue weighted by Crippen LogP contribution is -2.36. The molecule has 0 aliphatic carbocycles. The fourth-order valence-corrected chi connectivity index (χ4v) is 2.84. The molecule has 0 radical (unpaired) electrons. The highest BCUT2D eigenvalue weighted by molar-refractivity contribution is 7.09. The van der Waals surface area contributed by atoms with Gasteiger partial charge in [0, 0.05) is 23.8 Å². The molecule has 2 heterocycles. The third kappa shape index (κ3) is 4.43. The number of thiophene rings is 1. The molecule has 3 rings (SSSR count). The van der Waals surface area contributed by atoms with Crippen LogP contribution in [-0.4, -0.2) is 22.4 Å². The van der Waals surface area contributed by atoms with E-state index in [-0.39, 0.29) is 6.03 Å². The van der Waals surface area contributed by atoms with E-state index in [0.717, 1.165) is 17.0 Å². The molecule has 118 valence electrons. The normalized spacial score (nSPS) is 10.4. The molecule has 2 amide bonds. The number of benzene rings is 1. The SMILES string of the molecule is O=C(NCCc1ccc(-n2cccn2)cc1)NCc1cccs1. The van der Waals surface area contributed by atoms with E-state index in [2.05, 4.69) is 27.9 Å². The molecule has 0 fully saturated rings. The number of urea groups is 1. The van der Waals surface area contributed by atoms with Gasteiger partial charge in [-0.2, -0.15) is 5.10 Å². The molecule has 0 aliphatic rings. The second kappa shape index (κ2) is 7.60. The molecule has 3 aromatic rings. The van der Waals surface area contributed by atoms with Gasteiger partial charge in [0.25, 0.3) is 0 Å². The summed E-state index contributed by atoms with van der Waals surface area (Å²) in [7, 11) is 0. The Bertz CT molecular complexity index is 721. The highest BCUT2D eigenvalue weighted by Crippen LogP contribution is 2.09. The quantitative estimate of drug-likeness (QED) is 0.731. The molecule has 0 saturated heterocycles. The van der Waals surface area contributed by atoms with Crippen LogP contribution in [0.3, 0.4) is 0 Å². The number of nitrogens with one attached hydrogen (secondary N) is 2. The third-order valence-electron chi connectivity index (χ3n) is 3.41. The third-order valence-corrected chi connectivity index (χ3v) is 4.28. The van der Waals surface area contributed by atoms with E-state index < -0.39 is 0 Å². The zero-order chi connectivity index (χ0) is 15.9. The summed E-state index contributed by atoms with van der Waals surface area (Å²) in [5.41, 5.74) is 2.21. The van der Waals surface area contributed by atoms with Crippen LogP contribution in [-0.2, 0) is 13.0 Å². The number of carbonyl (C=O) groups is 1. The van der Waals surface area contributed by atoms with Crippen molar-refractivity contribution in [3.8, 4) is 5.69 Å². The lowest BCUT2D eigenvalue weighted by Gasteiger charge is -2.07. The maximum atomic E-state index is 11.7. The minimum atomic E-state index is -0.133. The largest absolute Gasteiger partial charge is 0.338 e. The van der Waals surface area contributed by atoms with Crippen molar-refractivity contribution in [3.63, 3.8) is 0 Å². The van der Waals surface area contributed by atoms with Gasteiger partial charge in [0.05, 0.1) is 12.2 Å². The van der Waals surface area contributed by atoms with Crippen molar-refractivity contribution >= 4 is 17.4 Å². The predicted octanol–water partition coefficient (Wildman–Crippen LogP) is 2.98. The first-order valence-electron chi connectivity index (χ1n) is 7.44. The van der Waals surface area contributed by atoms with E-state index in [4.69, 9.17) is 0 Å².